The molecule has 0 radical (unpaired) electrons. The van der Waals surface area contributed by atoms with Crippen molar-refractivity contribution in [2.24, 2.45) is 0 Å². The second-order valence-corrected chi connectivity index (χ2v) is 5.76. The fourth-order valence-electron chi connectivity index (χ4n) is 2.58. The topological polar surface area (TPSA) is 63.2 Å². The smallest absolute Gasteiger partial charge is 0.270 e. The summed E-state index contributed by atoms with van der Waals surface area (Å²) in [5, 5.41) is 6.19. The van der Waals surface area contributed by atoms with E-state index in [0.29, 0.717) is 18.8 Å². The molecule has 0 bridgehead atoms. The van der Waals surface area contributed by atoms with Gasteiger partial charge in [0.2, 0.25) is 0 Å². The standard InChI is InChI=1S/C21H21N3O2/c1-26-20-10-6-5-9-17(20)15-23-18-11-12-22-19(13-18)21(25)24-14-16-7-3-2-4-8-16/h2-13H,14-15H2,1H3,(H,22,23)(H,24,25). The molecule has 132 valence electrons. The number of pyridine rings is 1. The molecule has 0 aliphatic heterocycles. The van der Waals surface area contributed by atoms with E-state index in [4.69, 9.17) is 4.74 Å². The van der Waals surface area contributed by atoms with Crippen molar-refractivity contribution in [3.05, 3.63) is 89.7 Å². The van der Waals surface area contributed by atoms with Crippen molar-refractivity contribution in [3.63, 3.8) is 0 Å². The zero-order valence-electron chi connectivity index (χ0n) is 14.6. The van der Waals surface area contributed by atoms with Gasteiger partial charge in [-0.1, -0.05) is 48.5 Å². The fraction of sp³-hybridized carbons (Fsp3) is 0.143. The highest BCUT2D eigenvalue weighted by Gasteiger charge is 2.08. The molecule has 0 saturated carbocycles. The van der Waals surface area contributed by atoms with E-state index in [9.17, 15) is 4.79 Å². The van der Waals surface area contributed by atoms with Gasteiger partial charge in [0.1, 0.15) is 11.4 Å². The average Bonchev–Trinajstić information content (AvgIpc) is 2.71. The quantitative estimate of drug-likeness (QED) is 0.685. The lowest BCUT2D eigenvalue weighted by Crippen LogP contribution is -2.23. The van der Waals surface area contributed by atoms with Crippen molar-refractivity contribution >= 4 is 11.6 Å². The minimum absolute atomic E-state index is 0.199. The molecule has 26 heavy (non-hydrogen) atoms. The summed E-state index contributed by atoms with van der Waals surface area (Å²) in [5.74, 6) is 0.629. The van der Waals surface area contributed by atoms with Crippen LogP contribution in [0.15, 0.2) is 72.9 Å². The number of nitrogens with zero attached hydrogens (tertiary/aromatic N) is 1. The summed E-state index contributed by atoms with van der Waals surface area (Å²) in [5.41, 5.74) is 3.30. The highest BCUT2D eigenvalue weighted by atomic mass is 16.5. The molecule has 1 heterocycles. The first-order chi connectivity index (χ1) is 12.8. The summed E-state index contributed by atoms with van der Waals surface area (Å²) in [6.45, 7) is 1.07. The number of amides is 1. The van der Waals surface area contributed by atoms with Crippen LogP contribution in [0.4, 0.5) is 5.69 Å². The Balaban J connectivity index is 1.61. The molecule has 0 saturated heterocycles. The first-order valence-corrected chi connectivity index (χ1v) is 8.40. The van der Waals surface area contributed by atoms with Crippen LogP contribution in [0.25, 0.3) is 0 Å². The lowest BCUT2D eigenvalue weighted by atomic mass is 10.2. The van der Waals surface area contributed by atoms with E-state index in [1.54, 1.807) is 19.4 Å². The number of nitrogens with one attached hydrogen (secondary N) is 2. The fourth-order valence-corrected chi connectivity index (χ4v) is 2.58. The predicted octanol–water partition coefficient (Wildman–Crippen LogP) is 3.63. The van der Waals surface area contributed by atoms with Crippen molar-refractivity contribution in [1.29, 1.82) is 0 Å². The van der Waals surface area contributed by atoms with E-state index >= 15 is 0 Å². The maximum absolute atomic E-state index is 12.3. The molecule has 1 amide bonds. The van der Waals surface area contributed by atoms with Gasteiger partial charge in [0, 0.05) is 30.5 Å². The normalized spacial score (nSPS) is 10.2. The van der Waals surface area contributed by atoms with Gasteiger partial charge in [-0.2, -0.15) is 0 Å². The third kappa shape index (κ3) is 4.60. The molecule has 0 aliphatic carbocycles. The Morgan fingerprint density at radius 3 is 2.58 bits per heavy atom. The van der Waals surface area contributed by atoms with Gasteiger partial charge < -0.3 is 15.4 Å². The van der Waals surface area contributed by atoms with E-state index in [0.717, 1.165) is 22.6 Å². The first kappa shape index (κ1) is 17.5. The zero-order valence-corrected chi connectivity index (χ0v) is 14.6. The van der Waals surface area contributed by atoms with Gasteiger partial charge >= 0.3 is 0 Å². The molecule has 5 heteroatoms. The lowest BCUT2D eigenvalue weighted by molar-refractivity contribution is 0.0946. The summed E-state index contributed by atoms with van der Waals surface area (Å²) >= 11 is 0. The second kappa shape index (κ2) is 8.67. The number of ether oxygens (including phenoxy) is 1. The highest BCUT2D eigenvalue weighted by Crippen LogP contribution is 2.19. The van der Waals surface area contributed by atoms with Crippen molar-refractivity contribution in [3.8, 4) is 5.75 Å². The van der Waals surface area contributed by atoms with Crippen molar-refractivity contribution in [1.82, 2.24) is 10.3 Å². The summed E-state index contributed by atoms with van der Waals surface area (Å²) < 4.78 is 5.35. The molecule has 5 nitrogen and oxygen atoms in total. The van der Waals surface area contributed by atoms with Crippen LogP contribution in [0.5, 0.6) is 5.75 Å². The molecule has 3 aromatic rings. The predicted molar refractivity (Wildman–Crippen MR) is 102 cm³/mol. The monoisotopic (exact) mass is 347 g/mol. The van der Waals surface area contributed by atoms with Crippen LogP contribution in [0, 0.1) is 0 Å². The van der Waals surface area contributed by atoms with Gasteiger partial charge in [0.25, 0.3) is 5.91 Å². The number of carbonyl (C=O) groups excluding carboxylic acids is 1. The number of rotatable bonds is 7. The number of carbonyl (C=O) groups is 1. The number of anilines is 1. The number of hydrogen-bond acceptors (Lipinski definition) is 4. The van der Waals surface area contributed by atoms with Crippen molar-refractivity contribution < 1.29 is 9.53 Å². The summed E-state index contributed by atoms with van der Waals surface area (Å²) in [4.78, 5) is 16.5. The summed E-state index contributed by atoms with van der Waals surface area (Å²) in [7, 11) is 1.65. The Morgan fingerprint density at radius 2 is 1.77 bits per heavy atom. The Labute approximate surface area is 153 Å². The van der Waals surface area contributed by atoms with Gasteiger partial charge in [-0.05, 0) is 23.8 Å². The molecule has 2 aromatic carbocycles. The van der Waals surface area contributed by atoms with Gasteiger partial charge in [-0.15, -0.1) is 0 Å². The third-order valence-corrected chi connectivity index (χ3v) is 3.96. The minimum atomic E-state index is -0.199. The van der Waals surface area contributed by atoms with E-state index < -0.39 is 0 Å². The van der Waals surface area contributed by atoms with Gasteiger partial charge in [0.15, 0.2) is 0 Å². The third-order valence-electron chi connectivity index (χ3n) is 3.96. The number of aromatic nitrogens is 1. The first-order valence-electron chi connectivity index (χ1n) is 8.40. The molecule has 3 rings (SSSR count). The molecular formula is C21H21N3O2. The van der Waals surface area contributed by atoms with Crippen molar-refractivity contribution in [2.45, 2.75) is 13.1 Å². The molecule has 0 spiro atoms. The number of methoxy groups -OCH3 is 1. The molecular weight excluding hydrogens is 326 g/mol. The van der Waals surface area contributed by atoms with Crippen LogP contribution in [0.3, 0.4) is 0 Å². The van der Waals surface area contributed by atoms with E-state index in [1.807, 2.05) is 60.7 Å². The molecule has 1 aromatic heterocycles. The molecule has 0 atom stereocenters. The molecule has 0 fully saturated rings. The molecule has 0 aliphatic rings. The van der Waals surface area contributed by atoms with Crippen LogP contribution >= 0.6 is 0 Å². The maximum atomic E-state index is 12.3. The number of hydrogen-bond donors (Lipinski definition) is 2. The van der Waals surface area contributed by atoms with E-state index in [1.165, 1.54) is 0 Å². The SMILES string of the molecule is COc1ccccc1CNc1ccnc(C(=O)NCc2ccccc2)c1. The highest BCUT2D eigenvalue weighted by molar-refractivity contribution is 5.93. The van der Waals surface area contributed by atoms with E-state index in [-0.39, 0.29) is 5.91 Å². The maximum Gasteiger partial charge on any atom is 0.270 e. The summed E-state index contributed by atoms with van der Waals surface area (Å²) in [6.07, 6.45) is 1.63. The summed E-state index contributed by atoms with van der Waals surface area (Å²) in [6, 6.07) is 21.2. The van der Waals surface area contributed by atoms with Gasteiger partial charge in [-0.25, -0.2) is 0 Å². The molecule has 0 unspecified atom stereocenters. The van der Waals surface area contributed by atoms with Crippen molar-refractivity contribution in [2.75, 3.05) is 12.4 Å². The minimum Gasteiger partial charge on any atom is -0.496 e. The van der Waals surface area contributed by atoms with Crippen LogP contribution in [-0.2, 0) is 13.1 Å². The van der Waals surface area contributed by atoms with Gasteiger partial charge in [-0.3, -0.25) is 9.78 Å². The molecule has 2 N–H and O–H groups in total. The van der Waals surface area contributed by atoms with Crippen LogP contribution in [-0.4, -0.2) is 18.0 Å². The van der Waals surface area contributed by atoms with Crippen LogP contribution < -0.4 is 15.4 Å². The lowest BCUT2D eigenvalue weighted by Gasteiger charge is -2.11. The van der Waals surface area contributed by atoms with E-state index in [2.05, 4.69) is 15.6 Å². The number of para-hydroxylation sites is 1. The Hall–Kier alpha value is -3.34. The largest absolute Gasteiger partial charge is 0.496 e. The van der Waals surface area contributed by atoms with Crippen LogP contribution in [0.1, 0.15) is 21.6 Å². The number of benzene rings is 2. The van der Waals surface area contributed by atoms with Crippen LogP contribution in [0.2, 0.25) is 0 Å². The van der Waals surface area contributed by atoms with Gasteiger partial charge in [0.05, 0.1) is 7.11 Å². The Kier molecular flexibility index (Phi) is 5.83. The Morgan fingerprint density at radius 1 is 1.00 bits per heavy atom. The second-order valence-electron chi connectivity index (χ2n) is 5.76. The average molecular weight is 347 g/mol. The Bertz CT molecular complexity index is 866. The zero-order chi connectivity index (χ0) is 18.2.